The topological polar surface area (TPSA) is 111 Å². The molecule has 28 heavy (non-hydrogen) atoms. The van der Waals surface area contributed by atoms with Crippen LogP contribution in [0, 0.1) is 5.21 Å². The molecule has 0 fully saturated rings. The largest absolute Gasteiger partial charge is 0.359 e. The van der Waals surface area contributed by atoms with Gasteiger partial charge in [0.25, 0.3) is 5.69 Å². The van der Waals surface area contributed by atoms with Crippen LogP contribution in [0.4, 0.5) is 11.4 Å². The van der Waals surface area contributed by atoms with E-state index >= 15 is 0 Å². The highest BCUT2D eigenvalue weighted by molar-refractivity contribution is 6.42. The number of hydrogen-bond acceptors (Lipinski definition) is 5. The van der Waals surface area contributed by atoms with Crippen LogP contribution in [0.25, 0.3) is 0 Å². The molecule has 0 bridgehead atoms. The smallest absolute Gasteiger partial charge is 0.318 e. The van der Waals surface area contributed by atoms with Crippen molar-refractivity contribution in [2.75, 3.05) is 10.6 Å². The van der Waals surface area contributed by atoms with Gasteiger partial charge in [-0.05, 0) is 41.3 Å². The molecule has 0 unspecified atom stereocenters. The normalized spacial score (nSPS) is 10.6. The van der Waals surface area contributed by atoms with Crippen LogP contribution in [0.3, 0.4) is 0 Å². The number of carbonyl (C=O) groups is 2. The Morgan fingerprint density at radius 2 is 1.36 bits per heavy atom. The van der Waals surface area contributed by atoms with E-state index in [-0.39, 0.29) is 31.3 Å². The predicted octanol–water partition coefficient (Wildman–Crippen LogP) is 4.43. The number of aromatic nitrogens is 2. The molecule has 144 valence electrons. The molecule has 12 heteroatoms. The molecule has 8 nitrogen and oxygen atoms in total. The van der Waals surface area contributed by atoms with E-state index in [1.54, 1.807) is 0 Å². The second-order valence-electron chi connectivity index (χ2n) is 5.29. The fraction of sp³-hybridized carbons (Fsp3) is 0. The number of amides is 2. The van der Waals surface area contributed by atoms with Crippen molar-refractivity contribution in [2.45, 2.75) is 0 Å². The lowest BCUT2D eigenvalue weighted by molar-refractivity contribution is -0.803. The van der Waals surface area contributed by atoms with Crippen LogP contribution in [0.1, 0.15) is 21.0 Å². The number of nitrogens with one attached hydrogen (secondary N) is 2. The van der Waals surface area contributed by atoms with Crippen molar-refractivity contribution >= 4 is 69.6 Å². The standard InChI is InChI=1S/C16H8Cl4N4O4/c17-9-3-1-7(5-11(9)19)21-15(25)13-14(24(27)28-23-13)16(26)22-8-2-4-10(18)12(20)6-8/h1-6H,(H,21,25)(H,22,26). The van der Waals surface area contributed by atoms with Crippen LogP contribution in [-0.4, -0.2) is 17.0 Å². The Bertz CT molecular complexity index is 1090. The maximum absolute atomic E-state index is 12.4. The summed E-state index contributed by atoms with van der Waals surface area (Å²) >= 11 is 23.4. The van der Waals surface area contributed by atoms with E-state index < -0.39 is 23.2 Å². The maximum Gasteiger partial charge on any atom is 0.318 e. The molecule has 2 aromatic carbocycles. The molecule has 2 N–H and O–H groups in total. The molecule has 3 rings (SSSR count). The Labute approximate surface area is 177 Å². The van der Waals surface area contributed by atoms with E-state index in [1.807, 2.05) is 0 Å². The van der Waals surface area contributed by atoms with E-state index in [2.05, 4.69) is 20.4 Å². The van der Waals surface area contributed by atoms with Crippen molar-refractivity contribution in [2.24, 2.45) is 0 Å². The third kappa shape index (κ3) is 4.31. The number of carbonyl (C=O) groups excluding carboxylic acids is 2. The summed E-state index contributed by atoms with van der Waals surface area (Å²) in [5, 5.41) is 21.0. The lowest BCUT2D eigenvalue weighted by atomic mass is 10.2. The maximum atomic E-state index is 12.4. The van der Waals surface area contributed by atoms with Gasteiger partial charge in [-0.3, -0.25) is 14.2 Å². The molecule has 1 aromatic heterocycles. The zero-order valence-corrected chi connectivity index (χ0v) is 16.5. The summed E-state index contributed by atoms with van der Waals surface area (Å²) in [5.74, 6) is -1.80. The van der Waals surface area contributed by atoms with Gasteiger partial charge in [0, 0.05) is 11.4 Å². The molecule has 2 amide bonds. The third-order valence-corrected chi connectivity index (χ3v) is 4.88. The quantitative estimate of drug-likeness (QED) is 0.558. The number of halogens is 4. The lowest BCUT2D eigenvalue weighted by Crippen LogP contribution is -2.35. The average molecular weight is 462 g/mol. The van der Waals surface area contributed by atoms with Gasteiger partial charge in [-0.25, -0.2) is 0 Å². The van der Waals surface area contributed by atoms with E-state index in [1.165, 1.54) is 36.4 Å². The summed E-state index contributed by atoms with van der Waals surface area (Å²) in [5.41, 5.74) is -0.658. The lowest BCUT2D eigenvalue weighted by Gasteiger charge is -2.06. The molecule has 0 saturated carbocycles. The Morgan fingerprint density at radius 1 is 0.857 bits per heavy atom. The van der Waals surface area contributed by atoms with Gasteiger partial charge >= 0.3 is 17.5 Å². The molecule has 3 aromatic rings. The van der Waals surface area contributed by atoms with E-state index in [0.29, 0.717) is 5.02 Å². The van der Waals surface area contributed by atoms with Gasteiger partial charge < -0.3 is 15.8 Å². The van der Waals surface area contributed by atoms with Gasteiger partial charge in [-0.2, -0.15) is 0 Å². The molecular formula is C16H8Cl4N4O4. The van der Waals surface area contributed by atoms with Gasteiger partial charge in [-0.15, -0.1) is 0 Å². The molecule has 1 heterocycles. The summed E-state index contributed by atoms with van der Waals surface area (Å²) in [6.07, 6.45) is 0. The van der Waals surface area contributed by atoms with Crippen LogP contribution < -0.4 is 15.5 Å². The number of nitrogens with zero attached hydrogens (tertiary/aromatic N) is 2. The Hall–Kier alpha value is -2.52. The molecule has 0 aliphatic carbocycles. The molecular weight excluding hydrogens is 454 g/mol. The highest BCUT2D eigenvalue weighted by atomic mass is 35.5. The van der Waals surface area contributed by atoms with Gasteiger partial charge in [0.1, 0.15) is 0 Å². The fourth-order valence-corrected chi connectivity index (χ4v) is 2.71. The fourth-order valence-electron chi connectivity index (χ4n) is 2.12. The van der Waals surface area contributed by atoms with Crippen molar-refractivity contribution in [1.29, 1.82) is 0 Å². The van der Waals surface area contributed by atoms with Crippen LogP contribution in [0.2, 0.25) is 20.1 Å². The molecule has 0 radical (unpaired) electrons. The van der Waals surface area contributed by atoms with E-state index in [0.717, 1.165) is 0 Å². The second-order valence-corrected chi connectivity index (χ2v) is 6.92. The van der Waals surface area contributed by atoms with Crippen molar-refractivity contribution in [3.8, 4) is 0 Å². The first-order valence-electron chi connectivity index (χ1n) is 7.39. The van der Waals surface area contributed by atoms with Crippen LogP contribution >= 0.6 is 46.4 Å². The van der Waals surface area contributed by atoms with E-state index in [4.69, 9.17) is 46.4 Å². The number of rotatable bonds is 4. The summed E-state index contributed by atoms with van der Waals surface area (Å²) in [6.45, 7) is 0. The molecule has 0 spiro atoms. The number of anilines is 2. The highest BCUT2D eigenvalue weighted by Crippen LogP contribution is 2.26. The van der Waals surface area contributed by atoms with E-state index in [9.17, 15) is 14.8 Å². The van der Waals surface area contributed by atoms with Gasteiger partial charge in [0.15, 0.2) is 0 Å². The molecule has 0 aliphatic rings. The Balaban J connectivity index is 1.83. The highest BCUT2D eigenvalue weighted by Gasteiger charge is 2.32. The van der Waals surface area contributed by atoms with Crippen LogP contribution in [0.15, 0.2) is 41.0 Å². The minimum atomic E-state index is -0.936. The SMILES string of the molecule is O=C(Nc1ccc(Cl)c(Cl)c1)c1no[n+]([O-])c1C(=O)Nc1ccc(Cl)c(Cl)c1. The zero-order chi connectivity index (χ0) is 20.4. The van der Waals surface area contributed by atoms with Crippen molar-refractivity contribution < 1.29 is 19.1 Å². The van der Waals surface area contributed by atoms with Crippen molar-refractivity contribution in [3.05, 3.63) is 73.1 Å². The second kappa shape index (κ2) is 8.24. The zero-order valence-electron chi connectivity index (χ0n) is 13.5. The van der Waals surface area contributed by atoms with Crippen molar-refractivity contribution in [1.82, 2.24) is 5.16 Å². The summed E-state index contributed by atoms with van der Waals surface area (Å²) in [6, 6.07) is 8.63. The van der Waals surface area contributed by atoms with Gasteiger partial charge in [0.05, 0.1) is 25.2 Å². The Kier molecular flexibility index (Phi) is 5.95. The first-order valence-corrected chi connectivity index (χ1v) is 8.90. The minimum absolute atomic E-state index is 0.184. The van der Waals surface area contributed by atoms with Gasteiger partial charge in [0.2, 0.25) is 0 Å². The first-order chi connectivity index (χ1) is 13.3. The molecule has 0 atom stereocenters. The summed E-state index contributed by atoms with van der Waals surface area (Å²) in [4.78, 5) is 24.7. The third-order valence-electron chi connectivity index (χ3n) is 3.40. The van der Waals surface area contributed by atoms with Crippen LogP contribution in [-0.2, 0) is 0 Å². The number of hydrogen-bond donors (Lipinski definition) is 2. The first kappa shape index (κ1) is 20.2. The molecule has 0 aliphatic heterocycles. The van der Waals surface area contributed by atoms with Gasteiger partial charge in [-0.1, -0.05) is 46.4 Å². The summed E-state index contributed by atoms with van der Waals surface area (Å²) < 4.78 is 4.39. The monoisotopic (exact) mass is 460 g/mol. The number of benzene rings is 2. The molecule has 0 saturated heterocycles. The summed E-state index contributed by atoms with van der Waals surface area (Å²) in [7, 11) is 0. The Morgan fingerprint density at radius 3 is 1.86 bits per heavy atom. The van der Waals surface area contributed by atoms with Crippen LogP contribution in [0.5, 0.6) is 0 Å². The minimum Gasteiger partial charge on any atom is -0.359 e. The van der Waals surface area contributed by atoms with Crippen molar-refractivity contribution in [3.63, 3.8) is 0 Å². The average Bonchev–Trinajstić information content (AvgIpc) is 3.03. The predicted molar refractivity (Wildman–Crippen MR) is 104 cm³/mol.